The Hall–Kier alpha value is -2.47. The average molecular weight is 511 g/mol. The van der Waals surface area contributed by atoms with Gasteiger partial charge < -0.3 is 14.6 Å². The van der Waals surface area contributed by atoms with Crippen molar-refractivity contribution < 1.29 is 19.4 Å². The molecule has 0 aliphatic rings. The van der Waals surface area contributed by atoms with E-state index in [9.17, 15) is 9.90 Å². The molecule has 12 heteroatoms. The molecule has 0 saturated heterocycles. The predicted molar refractivity (Wildman–Crippen MR) is 129 cm³/mol. The van der Waals surface area contributed by atoms with E-state index in [2.05, 4.69) is 20.7 Å². The van der Waals surface area contributed by atoms with E-state index >= 15 is 0 Å². The van der Waals surface area contributed by atoms with Crippen molar-refractivity contribution in [3.8, 4) is 17.2 Å². The lowest BCUT2D eigenvalue weighted by Gasteiger charge is -2.09. The molecule has 0 aliphatic heterocycles. The first-order valence-electron chi connectivity index (χ1n) is 9.09. The standard InChI is InChI=1S/C20H19ClN4O4S3/c1-28-15-7-13(8-16(29-2)18(15)27)9-22-23-17(26)11-31-20-25-24-19(32-20)30-10-12-3-5-14(21)6-4-12/h3-9,27H,10-11H2,1-2H3,(H,23,26). The number of hydrazone groups is 1. The van der Waals surface area contributed by atoms with E-state index < -0.39 is 0 Å². The summed E-state index contributed by atoms with van der Waals surface area (Å²) in [4.78, 5) is 12.1. The van der Waals surface area contributed by atoms with Crippen molar-refractivity contribution >= 4 is 58.6 Å². The fourth-order valence-corrected chi connectivity index (χ4v) is 5.26. The lowest BCUT2D eigenvalue weighted by atomic mass is 10.2. The number of phenolic OH excluding ortho intramolecular Hbond substituents is 1. The Balaban J connectivity index is 1.45. The van der Waals surface area contributed by atoms with E-state index in [1.165, 1.54) is 43.5 Å². The van der Waals surface area contributed by atoms with E-state index in [0.717, 1.165) is 15.7 Å². The first kappa shape index (κ1) is 24.2. The van der Waals surface area contributed by atoms with Crippen molar-refractivity contribution in [2.75, 3.05) is 20.0 Å². The van der Waals surface area contributed by atoms with E-state index in [-0.39, 0.29) is 28.9 Å². The van der Waals surface area contributed by atoms with Crippen LogP contribution in [0.15, 0.2) is 50.2 Å². The fourth-order valence-electron chi connectivity index (χ4n) is 2.37. The number of carbonyl (C=O) groups excluding carboxylic acids is 1. The topological polar surface area (TPSA) is 106 Å². The van der Waals surface area contributed by atoms with Crippen molar-refractivity contribution in [2.24, 2.45) is 5.10 Å². The van der Waals surface area contributed by atoms with Gasteiger partial charge in [-0.1, -0.05) is 58.6 Å². The quantitative estimate of drug-likeness (QED) is 0.234. The van der Waals surface area contributed by atoms with Gasteiger partial charge in [0.25, 0.3) is 5.91 Å². The first-order chi connectivity index (χ1) is 15.5. The second-order valence-electron chi connectivity index (χ2n) is 6.10. The van der Waals surface area contributed by atoms with Crippen LogP contribution in [-0.2, 0) is 10.5 Å². The monoisotopic (exact) mass is 510 g/mol. The van der Waals surface area contributed by atoms with Crippen molar-refractivity contribution in [2.45, 2.75) is 14.4 Å². The molecule has 1 amide bonds. The van der Waals surface area contributed by atoms with Gasteiger partial charge in [0.1, 0.15) is 0 Å². The maximum atomic E-state index is 12.1. The number of halogens is 1. The van der Waals surface area contributed by atoms with E-state index in [4.69, 9.17) is 21.1 Å². The summed E-state index contributed by atoms with van der Waals surface area (Å²) >= 11 is 10.2. The summed E-state index contributed by atoms with van der Waals surface area (Å²) in [5, 5.41) is 22.8. The number of phenols is 1. The maximum Gasteiger partial charge on any atom is 0.250 e. The number of hydrogen-bond acceptors (Lipinski definition) is 10. The number of aromatic nitrogens is 2. The van der Waals surface area contributed by atoms with Crippen LogP contribution in [0.4, 0.5) is 0 Å². The molecule has 3 aromatic rings. The molecular weight excluding hydrogens is 492 g/mol. The van der Waals surface area contributed by atoms with Crippen LogP contribution in [0.5, 0.6) is 17.2 Å². The Bertz CT molecular complexity index is 1070. The summed E-state index contributed by atoms with van der Waals surface area (Å²) in [7, 11) is 2.87. The van der Waals surface area contributed by atoms with Crippen molar-refractivity contribution in [1.82, 2.24) is 15.6 Å². The number of thioether (sulfide) groups is 2. The molecule has 2 aromatic carbocycles. The molecule has 2 N–H and O–H groups in total. The minimum Gasteiger partial charge on any atom is -0.502 e. The Morgan fingerprint density at radius 2 is 1.78 bits per heavy atom. The van der Waals surface area contributed by atoms with Gasteiger partial charge in [0.2, 0.25) is 5.75 Å². The third-order valence-electron chi connectivity index (χ3n) is 3.90. The molecule has 0 saturated carbocycles. The number of amides is 1. The Kier molecular flexibility index (Phi) is 9.03. The third kappa shape index (κ3) is 7.02. The maximum absolute atomic E-state index is 12.1. The van der Waals surface area contributed by atoms with Gasteiger partial charge in [-0.15, -0.1) is 10.2 Å². The zero-order chi connectivity index (χ0) is 22.9. The SMILES string of the molecule is COc1cc(C=NNC(=O)CSc2nnc(SCc3ccc(Cl)cc3)s2)cc(OC)c1O. The molecule has 8 nitrogen and oxygen atoms in total. The summed E-state index contributed by atoms with van der Waals surface area (Å²) < 4.78 is 11.7. The highest BCUT2D eigenvalue weighted by molar-refractivity contribution is 8.03. The van der Waals surface area contributed by atoms with Gasteiger partial charge in [-0.2, -0.15) is 5.10 Å². The second kappa shape index (κ2) is 12.0. The van der Waals surface area contributed by atoms with Crippen LogP contribution < -0.4 is 14.9 Å². The molecule has 1 aromatic heterocycles. The Labute approximate surface area is 202 Å². The highest BCUT2D eigenvalue weighted by Gasteiger charge is 2.11. The summed E-state index contributed by atoms with van der Waals surface area (Å²) in [6.07, 6.45) is 1.43. The fraction of sp³-hybridized carbons (Fsp3) is 0.200. The van der Waals surface area contributed by atoms with E-state index in [1.54, 1.807) is 23.9 Å². The number of carbonyl (C=O) groups is 1. The molecule has 0 bridgehead atoms. The molecule has 0 fully saturated rings. The lowest BCUT2D eigenvalue weighted by Crippen LogP contribution is -2.19. The van der Waals surface area contributed by atoms with Crippen molar-refractivity contribution in [3.05, 3.63) is 52.5 Å². The van der Waals surface area contributed by atoms with Crippen LogP contribution in [0.2, 0.25) is 5.02 Å². The highest BCUT2D eigenvalue weighted by atomic mass is 35.5. The van der Waals surface area contributed by atoms with Crippen LogP contribution in [-0.4, -0.2) is 47.4 Å². The molecule has 168 valence electrons. The van der Waals surface area contributed by atoms with E-state index in [1.807, 2.05) is 24.3 Å². The summed E-state index contributed by atoms with van der Waals surface area (Å²) in [5.41, 5.74) is 4.19. The lowest BCUT2D eigenvalue weighted by molar-refractivity contribution is -0.118. The van der Waals surface area contributed by atoms with Crippen molar-refractivity contribution in [3.63, 3.8) is 0 Å². The number of hydrogen-bond donors (Lipinski definition) is 2. The van der Waals surface area contributed by atoms with Gasteiger partial charge in [-0.3, -0.25) is 4.79 Å². The summed E-state index contributed by atoms with van der Waals surface area (Å²) in [6, 6.07) is 10.8. The zero-order valence-corrected chi connectivity index (χ0v) is 20.3. The van der Waals surface area contributed by atoms with Gasteiger partial charge >= 0.3 is 0 Å². The number of nitrogens with one attached hydrogen (secondary N) is 1. The number of methoxy groups -OCH3 is 2. The molecule has 0 atom stereocenters. The number of aromatic hydroxyl groups is 1. The second-order valence-corrected chi connectivity index (χ2v) is 9.96. The molecular formula is C20H19ClN4O4S3. The van der Waals surface area contributed by atoms with Gasteiger partial charge in [0.15, 0.2) is 20.2 Å². The molecule has 0 aliphatic carbocycles. The Morgan fingerprint density at radius 1 is 1.16 bits per heavy atom. The predicted octanol–water partition coefficient (Wildman–Crippen LogP) is 4.45. The average Bonchev–Trinajstić information content (AvgIpc) is 3.26. The van der Waals surface area contributed by atoms with Crippen LogP contribution in [0.3, 0.4) is 0 Å². The smallest absolute Gasteiger partial charge is 0.250 e. The minimum absolute atomic E-state index is 0.102. The number of ether oxygens (including phenoxy) is 2. The normalized spacial score (nSPS) is 11.0. The third-order valence-corrected chi connectivity index (χ3v) is 7.41. The number of nitrogens with zero attached hydrogens (tertiary/aromatic N) is 3. The van der Waals surface area contributed by atoms with Gasteiger partial charge in [-0.25, -0.2) is 5.43 Å². The van der Waals surface area contributed by atoms with Crippen LogP contribution in [0.25, 0.3) is 0 Å². The number of benzene rings is 2. The molecule has 32 heavy (non-hydrogen) atoms. The van der Waals surface area contributed by atoms with Gasteiger partial charge in [-0.05, 0) is 29.8 Å². The Morgan fingerprint density at radius 3 is 2.41 bits per heavy atom. The highest BCUT2D eigenvalue weighted by Crippen LogP contribution is 2.36. The molecule has 0 unspecified atom stereocenters. The molecule has 0 spiro atoms. The zero-order valence-electron chi connectivity index (χ0n) is 17.1. The first-order valence-corrected chi connectivity index (χ1v) is 12.3. The van der Waals surface area contributed by atoms with Crippen LogP contribution >= 0.6 is 46.5 Å². The number of rotatable bonds is 10. The van der Waals surface area contributed by atoms with Gasteiger partial charge in [0.05, 0.1) is 26.2 Å². The van der Waals surface area contributed by atoms with Gasteiger partial charge in [0, 0.05) is 16.3 Å². The summed E-state index contributed by atoms with van der Waals surface area (Å²) in [5.74, 6) is 1.02. The van der Waals surface area contributed by atoms with E-state index in [0.29, 0.717) is 14.9 Å². The summed E-state index contributed by atoms with van der Waals surface area (Å²) in [6.45, 7) is 0. The van der Waals surface area contributed by atoms with Crippen LogP contribution in [0.1, 0.15) is 11.1 Å². The molecule has 1 heterocycles. The molecule has 3 rings (SSSR count). The minimum atomic E-state index is -0.283. The molecule has 0 radical (unpaired) electrons. The van der Waals surface area contributed by atoms with Crippen LogP contribution in [0, 0.1) is 0 Å². The largest absolute Gasteiger partial charge is 0.502 e. The van der Waals surface area contributed by atoms with Crippen molar-refractivity contribution in [1.29, 1.82) is 0 Å².